The number of benzene rings is 1. The van der Waals surface area contributed by atoms with Crippen LogP contribution in [0.2, 0.25) is 0 Å². The van der Waals surface area contributed by atoms with E-state index in [0.29, 0.717) is 5.92 Å². The third kappa shape index (κ3) is 1.76. The van der Waals surface area contributed by atoms with Gasteiger partial charge in [0, 0.05) is 0 Å². The Kier molecular flexibility index (Phi) is 2.37. The Morgan fingerprint density at radius 3 is 2.69 bits per heavy atom. The molecule has 1 aromatic carbocycles. The van der Waals surface area contributed by atoms with Crippen molar-refractivity contribution in [2.45, 2.75) is 23.6 Å². The minimum Gasteiger partial charge on any atom is -0.197 e. The maximum atomic E-state index is 8.82. The van der Waals surface area contributed by atoms with Crippen LogP contribution in [0.25, 0.3) is 0 Å². The highest BCUT2D eigenvalue weighted by Crippen LogP contribution is 2.43. The molecule has 2 rings (SSSR count). The van der Waals surface area contributed by atoms with Gasteiger partial charge in [-0.1, -0.05) is 40.2 Å². The molecule has 1 atom stereocenters. The van der Waals surface area contributed by atoms with Crippen LogP contribution in [0.5, 0.6) is 0 Å². The maximum absolute atomic E-state index is 8.82. The molecule has 66 valence electrons. The van der Waals surface area contributed by atoms with E-state index in [1.807, 2.05) is 18.2 Å². The van der Waals surface area contributed by atoms with Crippen LogP contribution >= 0.6 is 15.9 Å². The number of halogens is 1. The lowest BCUT2D eigenvalue weighted by atomic mass is 10.0. The predicted molar refractivity (Wildman–Crippen MR) is 55.7 cm³/mol. The van der Waals surface area contributed by atoms with Gasteiger partial charge in [0.2, 0.25) is 0 Å². The fraction of sp³-hybridized carbons (Fsp3) is 0.364. The highest BCUT2D eigenvalue weighted by atomic mass is 79.9. The number of nitriles is 1. The molecular weight excluding hydrogens is 226 g/mol. The van der Waals surface area contributed by atoms with E-state index in [0.717, 1.165) is 5.56 Å². The monoisotopic (exact) mass is 235 g/mol. The lowest BCUT2D eigenvalue weighted by molar-refractivity contribution is 1.07. The minimum absolute atomic E-state index is 0.149. The van der Waals surface area contributed by atoms with Gasteiger partial charge in [-0.05, 0) is 29.9 Å². The van der Waals surface area contributed by atoms with Crippen molar-refractivity contribution in [2.24, 2.45) is 0 Å². The fourth-order valence-electron chi connectivity index (χ4n) is 1.58. The van der Waals surface area contributed by atoms with E-state index in [1.54, 1.807) is 0 Å². The molecule has 1 fully saturated rings. The Bertz CT molecular complexity index is 349. The zero-order chi connectivity index (χ0) is 9.26. The minimum atomic E-state index is -0.149. The molecule has 1 aromatic rings. The van der Waals surface area contributed by atoms with Gasteiger partial charge in [0.1, 0.15) is 4.83 Å². The van der Waals surface area contributed by atoms with Crippen molar-refractivity contribution < 1.29 is 0 Å². The molecule has 1 aliphatic carbocycles. The van der Waals surface area contributed by atoms with E-state index in [9.17, 15) is 0 Å². The molecule has 1 saturated carbocycles. The summed E-state index contributed by atoms with van der Waals surface area (Å²) in [6.45, 7) is 0. The van der Waals surface area contributed by atoms with Crippen LogP contribution in [0.1, 0.15) is 34.7 Å². The lowest BCUT2D eigenvalue weighted by Crippen LogP contribution is -1.92. The molecule has 0 N–H and O–H groups in total. The van der Waals surface area contributed by atoms with Crippen LogP contribution < -0.4 is 0 Å². The SMILES string of the molecule is N#CC(Br)c1ccccc1C1CC1. The summed E-state index contributed by atoms with van der Waals surface area (Å²) in [7, 11) is 0. The fourth-order valence-corrected chi connectivity index (χ4v) is 1.99. The number of hydrogen-bond donors (Lipinski definition) is 0. The first-order valence-electron chi connectivity index (χ1n) is 4.45. The zero-order valence-corrected chi connectivity index (χ0v) is 8.79. The standard InChI is InChI=1S/C11H10BrN/c12-11(7-13)10-4-2-1-3-9(10)8-5-6-8/h1-4,8,11H,5-6H2. The summed E-state index contributed by atoms with van der Waals surface area (Å²) in [5.41, 5.74) is 2.50. The molecule has 1 unspecified atom stereocenters. The molecule has 0 amide bonds. The highest BCUT2D eigenvalue weighted by molar-refractivity contribution is 9.09. The van der Waals surface area contributed by atoms with Gasteiger partial charge in [0.05, 0.1) is 6.07 Å². The Hall–Kier alpha value is -0.810. The second-order valence-electron chi connectivity index (χ2n) is 3.39. The van der Waals surface area contributed by atoms with Crippen molar-refractivity contribution in [3.8, 4) is 6.07 Å². The van der Waals surface area contributed by atoms with Gasteiger partial charge in [-0.3, -0.25) is 0 Å². The smallest absolute Gasteiger partial charge is 0.126 e. The van der Waals surface area contributed by atoms with Gasteiger partial charge in [-0.25, -0.2) is 0 Å². The number of hydrogen-bond acceptors (Lipinski definition) is 1. The van der Waals surface area contributed by atoms with Gasteiger partial charge in [0.15, 0.2) is 0 Å². The first-order chi connectivity index (χ1) is 6.33. The van der Waals surface area contributed by atoms with E-state index in [-0.39, 0.29) is 4.83 Å². The molecule has 1 aliphatic rings. The van der Waals surface area contributed by atoms with Crippen molar-refractivity contribution in [1.82, 2.24) is 0 Å². The summed E-state index contributed by atoms with van der Waals surface area (Å²) >= 11 is 3.37. The predicted octanol–water partition coefficient (Wildman–Crippen LogP) is 3.52. The first-order valence-corrected chi connectivity index (χ1v) is 5.37. The summed E-state index contributed by atoms with van der Waals surface area (Å²) in [6.07, 6.45) is 2.56. The van der Waals surface area contributed by atoms with Crippen molar-refractivity contribution >= 4 is 15.9 Å². The molecule has 0 aliphatic heterocycles. The average molecular weight is 236 g/mol. The second kappa shape index (κ2) is 3.51. The maximum Gasteiger partial charge on any atom is 0.126 e. The third-order valence-electron chi connectivity index (χ3n) is 2.40. The van der Waals surface area contributed by atoms with Gasteiger partial charge >= 0.3 is 0 Å². The number of rotatable bonds is 2. The average Bonchev–Trinajstić information content (AvgIpc) is 3.00. The third-order valence-corrected chi connectivity index (χ3v) is 3.10. The summed E-state index contributed by atoms with van der Waals surface area (Å²) in [6, 6.07) is 10.4. The summed E-state index contributed by atoms with van der Waals surface area (Å²) in [5, 5.41) is 8.82. The molecule has 1 nitrogen and oxygen atoms in total. The van der Waals surface area contributed by atoms with Crippen LogP contribution in [0.15, 0.2) is 24.3 Å². The van der Waals surface area contributed by atoms with Gasteiger partial charge in [-0.2, -0.15) is 5.26 Å². The molecule has 0 heterocycles. The Labute approximate surface area is 86.5 Å². The topological polar surface area (TPSA) is 23.8 Å². The van der Waals surface area contributed by atoms with Crippen LogP contribution in [-0.4, -0.2) is 0 Å². The van der Waals surface area contributed by atoms with Crippen molar-refractivity contribution in [3.05, 3.63) is 35.4 Å². The molecular formula is C11H10BrN. The van der Waals surface area contributed by atoms with Gasteiger partial charge < -0.3 is 0 Å². The van der Waals surface area contributed by atoms with Gasteiger partial charge in [-0.15, -0.1) is 0 Å². The van der Waals surface area contributed by atoms with Crippen LogP contribution in [0, 0.1) is 11.3 Å². The molecule has 0 bridgehead atoms. The molecule has 0 radical (unpaired) electrons. The van der Waals surface area contributed by atoms with Crippen molar-refractivity contribution in [1.29, 1.82) is 5.26 Å². The Morgan fingerprint density at radius 1 is 1.38 bits per heavy atom. The van der Waals surface area contributed by atoms with Crippen LogP contribution in [-0.2, 0) is 0 Å². The molecule has 0 spiro atoms. The Morgan fingerprint density at radius 2 is 2.08 bits per heavy atom. The molecule has 2 heteroatoms. The van der Waals surface area contributed by atoms with E-state index in [4.69, 9.17) is 5.26 Å². The summed E-state index contributed by atoms with van der Waals surface area (Å²) in [5.74, 6) is 0.713. The van der Waals surface area contributed by atoms with Gasteiger partial charge in [0.25, 0.3) is 0 Å². The molecule has 0 saturated heterocycles. The summed E-state index contributed by atoms with van der Waals surface area (Å²) in [4.78, 5) is -0.149. The Balaban J connectivity index is 2.38. The zero-order valence-electron chi connectivity index (χ0n) is 7.20. The number of nitrogens with zero attached hydrogens (tertiary/aromatic N) is 1. The van der Waals surface area contributed by atoms with E-state index < -0.39 is 0 Å². The van der Waals surface area contributed by atoms with Crippen molar-refractivity contribution in [2.75, 3.05) is 0 Å². The van der Waals surface area contributed by atoms with Crippen LogP contribution in [0.3, 0.4) is 0 Å². The first kappa shape index (κ1) is 8.77. The summed E-state index contributed by atoms with van der Waals surface area (Å²) < 4.78 is 0. The normalized spacial score (nSPS) is 17.8. The highest BCUT2D eigenvalue weighted by Gasteiger charge is 2.27. The largest absolute Gasteiger partial charge is 0.197 e. The lowest BCUT2D eigenvalue weighted by Gasteiger charge is -2.07. The molecule has 0 aromatic heterocycles. The van der Waals surface area contributed by atoms with Crippen LogP contribution in [0.4, 0.5) is 0 Å². The number of alkyl halides is 1. The second-order valence-corrected chi connectivity index (χ2v) is 4.31. The van der Waals surface area contributed by atoms with E-state index in [1.165, 1.54) is 18.4 Å². The molecule has 13 heavy (non-hydrogen) atoms. The van der Waals surface area contributed by atoms with E-state index in [2.05, 4.69) is 28.1 Å². The quantitative estimate of drug-likeness (QED) is 0.720. The van der Waals surface area contributed by atoms with Crippen molar-refractivity contribution in [3.63, 3.8) is 0 Å². The van der Waals surface area contributed by atoms with E-state index >= 15 is 0 Å².